The number of rotatable bonds is 6. The van der Waals surface area contributed by atoms with Gasteiger partial charge in [-0.2, -0.15) is 0 Å². The fraction of sp³-hybridized carbons (Fsp3) is 0.571. The Bertz CT molecular complexity index is 586. The van der Waals surface area contributed by atoms with Crippen LogP contribution >= 0.6 is 15.9 Å². The molecule has 118 valence electrons. The molecule has 1 aliphatic rings. The second-order valence-corrected chi connectivity index (χ2v) is 8.30. The average Bonchev–Trinajstić information content (AvgIpc) is 2.92. The Morgan fingerprint density at radius 3 is 2.71 bits per heavy atom. The molecule has 7 heteroatoms. The van der Waals surface area contributed by atoms with E-state index in [-0.39, 0.29) is 16.5 Å². The molecule has 1 aromatic carbocycles. The molecule has 1 saturated heterocycles. The molecule has 0 radical (unpaired) electrons. The molecule has 0 spiro atoms. The van der Waals surface area contributed by atoms with Crippen LogP contribution < -0.4 is 10.5 Å². The van der Waals surface area contributed by atoms with Crippen molar-refractivity contribution in [2.24, 2.45) is 5.92 Å². The van der Waals surface area contributed by atoms with Gasteiger partial charge in [0.2, 0.25) is 10.0 Å². The summed E-state index contributed by atoms with van der Waals surface area (Å²) in [7, 11) is -3.57. The first-order valence-electron chi connectivity index (χ1n) is 7.15. The highest BCUT2D eigenvalue weighted by atomic mass is 79.9. The first kappa shape index (κ1) is 16.7. The number of nitrogen functional groups attached to an aromatic ring is 1. The zero-order chi connectivity index (χ0) is 15.5. The van der Waals surface area contributed by atoms with Crippen LogP contribution in [0.4, 0.5) is 5.69 Å². The molecular weight excluding hydrogens is 354 g/mol. The number of likely N-dealkylation sites (tertiary alicyclic amines) is 1. The zero-order valence-electron chi connectivity index (χ0n) is 12.2. The van der Waals surface area contributed by atoms with Crippen LogP contribution in [-0.4, -0.2) is 39.5 Å². The van der Waals surface area contributed by atoms with Gasteiger partial charge in [0.1, 0.15) is 4.90 Å². The Balaban J connectivity index is 1.95. The second-order valence-electron chi connectivity index (χ2n) is 5.65. The standard InChI is InChI=1S/C14H22BrN3O2S/c1-11(10-18-6-2-3-7-18)9-17-21(19,20)14-8-12(15)4-5-13(14)16/h4-5,8,11,17H,2-3,6-7,9-10,16H2,1H3. The lowest BCUT2D eigenvalue weighted by Crippen LogP contribution is -2.34. The van der Waals surface area contributed by atoms with Crippen molar-refractivity contribution in [1.82, 2.24) is 9.62 Å². The van der Waals surface area contributed by atoms with Crippen LogP contribution in [0.15, 0.2) is 27.6 Å². The Morgan fingerprint density at radius 2 is 2.05 bits per heavy atom. The van der Waals surface area contributed by atoms with E-state index in [4.69, 9.17) is 5.73 Å². The van der Waals surface area contributed by atoms with Gasteiger partial charge < -0.3 is 10.6 Å². The number of nitrogens with one attached hydrogen (secondary N) is 1. The Hall–Kier alpha value is -0.630. The maximum atomic E-state index is 12.3. The van der Waals surface area contributed by atoms with E-state index in [1.807, 2.05) is 0 Å². The first-order chi connectivity index (χ1) is 9.88. The second kappa shape index (κ2) is 7.09. The minimum atomic E-state index is -3.57. The van der Waals surface area contributed by atoms with Gasteiger partial charge in [-0.1, -0.05) is 22.9 Å². The van der Waals surface area contributed by atoms with E-state index >= 15 is 0 Å². The van der Waals surface area contributed by atoms with E-state index in [1.54, 1.807) is 12.1 Å². The van der Waals surface area contributed by atoms with Crippen LogP contribution in [0.3, 0.4) is 0 Å². The Labute approximate surface area is 135 Å². The normalized spacial score (nSPS) is 18.0. The molecule has 1 aromatic rings. The summed E-state index contributed by atoms with van der Waals surface area (Å²) in [6.45, 7) is 5.65. The van der Waals surface area contributed by atoms with Crippen LogP contribution in [0.1, 0.15) is 19.8 Å². The molecule has 21 heavy (non-hydrogen) atoms. The molecule has 1 heterocycles. The number of sulfonamides is 1. The smallest absolute Gasteiger partial charge is 0.242 e. The fourth-order valence-electron chi connectivity index (χ4n) is 2.54. The molecule has 2 rings (SSSR count). The average molecular weight is 376 g/mol. The summed E-state index contributed by atoms with van der Waals surface area (Å²) in [5.41, 5.74) is 6.03. The number of hydrogen-bond acceptors (Lipinski definition) is 4. The van der Waals surface area contributed by atoms with Gasteiger partial charge in [-0.3, -0.25) is 0 Å². The number of nitrogens with zero attached hydrogens (tertiary/aromatic N) is 1. The molecule has 3 N–H and O–H groups in total. The van der Waals surface area contributed by atoms with Crippen molar-refractivity contribution >= 4 is 31.6 Å². The van der Waals surface area contributed by atoms with Gasteiger partial charge in [0, 0.05) is 17.6 Å². The zero-order valence-corrected chi connectivity index (χ0v) is 14.6. The molecule has 1 unspecified atom stereocenters. The van der Waals surface area contributed by atoms with Crippen molar-refractivity contribution < 1.29 is 8.42 Å². The molecule has 1 fully saturated rings. The molecular formula is C14H22BrN3O2S. The van der Waals surface area contributed by atoms with Crippen molar-refractivity contribution in [1.29, 1.82) is 0 Å². The number of benzene rings is 1. The monoisotopic (exact) mass is 375 g/mol. The molecule has 1 aliphatic heterocycles. The summed E-state index contributed by atoms with van der Waals surface area (Å²) in [4.78, 5) is 2.51. The quantitative estimate of drug-likeness (QED) is 0.745. The third-order valence-electron chi connectivity index (χ3n) is 3.66. The van der Waals surface area contributed by atoms with Crippen LogP contribution in [-0.2, 0) is 10.0 Å². The Kier molecular flexibility index (Phi) is 5.65. The molecule has 0 aliphatic carbocycles. The van der Waals surface area contributed by atoms with E-state index in [0.717, 1.165) is 19.6 Å². The Morgan fingerprint density at radius 1 is 1.38 bits per heavy atom. The molecule has 0 aromatic heterocycles. The molecule has 0 bridgehead atoms. The van der Waals surface area contributed by atoms with Crippen molar-refractivity contribution in [2.45, 2.75) is 24.7 Å². The van der Waals surface area contributed by atoms with Gasteiger partial charge in [-0.05, 0) is 50.0 Å². The lowest BCUT2D eigenvalue weighted by atomic mass is 10.2. The topological polar surface area (TPSA) is 75.4 Å². The summed E-state index contributed by atoms with van der Waals surface area (Å²) in [6.07, 6.45) is 2.49. The number of halogens is 1. The first-order valence-corrected chi connectivity index (χ1v) is 9.43. The maximum Gasteiger partial charge on any atom is 0.242 e. The summed E-state index contributed by atoms with van der Waals surface area (Å²) < 4.78 is 28.0. The van der Waals surface area contributed by atoms with Crippen molar-refractivity contribution in [3.8, 4) is 0 Å². The van der Waals surface area contributed by atoms with E-state index in [1.165, 1.54) is 18.9 Å². The summed E-state index contributed by atoms with van der Waals surface area (Å²) in [6, 6.07) is 4.85. The number of anilines is 1. The number of hydrogen-bond donors (Lipinski definition) is 2. The van der Waals surface area contributed by atoms with Gasteiger partial charge >= 0.3 is 0 Å². The summed E-state index contributed by atoms with van der Waals surface area (Å²) in [5.74, 6) is 0.270. The largest absolute Gasteiger partial charge is 0.398 e. The van der Waals surface area contributed by atoms with Crippen molar-refractivity contribution in [3.05, 3.63) is 22.7 Å². The highest BCUT2D eigenvalue weighted by Crippen LogP contribution is 2.23. The van der Waals surface area contributed by atoms with Crippen LogP contribution in [0.5, 0.6) is 0 Å². The molecule has 0 amide bonds. The van der Waals surface area contributed by atoms with Crippen LogP contribution in [0.2, 0.25) is 0 Å². The predicted molar refractivity (Wildman–Crippen MR) is 88.6 cm³/mol. The number of nitrogens with two attached hydrogens (primary N) is 1. The molecule has 5 nitrogen and oxygen atoms in total. The fourth-order valence-corrected chi connectivity index (χ4v) is 4.37. The highest BCUT2D eigenvalue weighted by molar-refractivity contribution is 9.10. The van der Waals surface area contributed by atoms with Gasteiger partial charge in [-0.25, -0.2) is 13.1 Å². The summed E-state index contributed by atoms with van der Waals surface area (Å²) in [5, 5.41) is 0. The lowest BCUT2D eigenvalue weighted by molar-refractivity contribution is 0.288. The minimum absolute atomic E-state index is 0.130. The highest BCUT2D eigenvalue weighted by Gasteiger charge is 2.20. The molecule has 0 saturated carbocycles. The lowest BCUT2D eigenvalue weighted by Gasteiger charge is -2.20. The van der Waals surface area contributed by atoms with Gasteiger partial charge in [0.05, 0.1) is 5.69 Å². The third-order valence-corrected chi connectivity index (χ3v) is 5.63. The van der Waals surface area contributed by atoms with E-state index in [9.17, 15) is 8.42 Å². The van der Waals surface area contributed by atoms with Gasteiger partial charge in [-0.15, -0.1) is 0 Å². The van der Waals surface area contributed by atoms with Crippen LogP contribution in [0.25, 0.3) is 0 Å². The SMILES string of the molecule is CC(CNS(=O)(=O)c1cc(Br)ccc1N)CN1CCCC1. The van der Waals surface area contributed by atoms with Crippen LogP contribution in [0, 0.1) is 5.92 Å². The summed E-state index contributed by atoms with van der Waals surface area (Å²) >= 11 is 3.27. The molecule has 1 atom stereocenters. The van der Waals surface area contributed by atoms with Crippen molar-refractivity contribution in [3.63, 3.8) is 0 Å². The van der Waals surface area contributed by atoms with Gasteiger partial charge in [0.15, 0.2) is 0 Å². The van der Waals surface area contributed by atoms with E-state index in [0.29, 0.717) is 11.0 Å². The van der Waals surface area contributed by atoms with Crippen molar-refractivity contribution in [2.75, 3.05) is 31.9 Å². The third kappa shape index (κ3) is 4.67. The maximum absolute atomic E-state index is 12.3. The predicted octanol–water partition coefficient (Wildman–Crippen LogP) is 2.04. The van der Waals surface area contributed by atoms with E-state index in [2.05, 4.69) is 32.5 Å². The minimum Gasteiger partial charge on any atom is -0.398 e. The van der Waals surface area contributed by atoms with E-state index < -0.39 is 10.0 Å². The van der Waals surface area contributed by atoms with Gasteiger partial charge in [0.25, 0.3) is 0 Å².